The van der Waals surface area contributed by atoms with Crippen molar-refractivity contribution >= 4 is 5.91 Å². The van der Waals surface area contributed by atoms with Crippen LogP contribution >= 0.6 is 0 Å². The highest BCUT2D eigenvalue weighted by Gasteiger charge is 2.19. The van der Waals surface area contributed by atoms with Gasteiger partial charge in [0.25, 0.3) is 5.91 Å². The average molecular weight is 352 g/mol. The van der Waals surface area contributed by atoms with Crippen molar-refractivity contribution in [2.75, 3.05) is 33.4 Å². The second kappa shape index (κ2) is 10.9. The Labute approximate surface area is 154 Å². The largest absolute Gasteiger partial charge is 0.490 e. The number of carbonyl (C=O) groups excluding carboxylic acids is 1. The first-order valence-corrected chi connectivity index (χ1v) is 8.67. The molecular formula is C21H24N2O3. The number of rotatable bonds is 10. The number of para-hydroxylation sites is 1. The monoisotopic (exact) mass is 352 g/mol. The first-order chi connectivity index (χ1) is 12.8. The molecule has 0 aromatic heterocycles. The summed E-state index contributed by atoms with van der Waals surface area (Å²) in [5.41, 5.74) is 1.67. The Morgan fingerprint density at radius 3 is 2.50 bits per heavy atom. The van der Waals surface area contributed by atoms with Gasteiger partial charge in [0.15, 0.2) is 0 Å². The molecule has 5 nitrogen and oxygen atoms in total. The quantitative estimate of drug-likeness (QED) is 0.616. The molecular weight excluding hydrogens is 328 g/mol. The van der Waals surface area contributed by atoms with E-state index in [1.165, 1.54) is 0 Å². The van der Waals surface area contributed by atoms with E-state index in [1.54, 1.807) is 24.1 Å². The Morgan fingerprint density at radius 1 is 1.04 bits per heavy atom. The Balaban J connectivity index is 2.11. The van der Waals surface area contributed by atoms with E-state index in [1.807, 2.05) is 42.5 Å². The van der Waals surface area contributed by atoms with E-state index in [0.717, 1.165) is 12.0 Å². The highest BCUT2D eigenvalue weighted by Crippen LogP contribution is 2.20. The number of amides is 1. The molecule has 26 heavy (non-hydrogen) atoms. The molecule has 0 atom stereocenters. The molecule has 0 radical (unpaired) electrons. The molecule has 2 rings (SSSR count). The molecule has 0 saturated carbocycles. The van der Waals surface area contributed by atoms with E-state index in [4.69, 9.17) is 14.7 Å². The minimum absolute atomic E-state index is 0.121. The molecule has 2 aromatic carbocycles. The highest BCUT2D eigenvalue weighted by atomic mass is 16.5. The van der Waals surface area contributed by atoms with Crippen LogP contribution in [0.4, 0.5) is 0 Å². The van der Waals surface area contributed by atoms with Crippen molar-refractivity contribution < 1.29 is 14.3 Å². The average Bonchev–Trinajstić information content (AvgIpc) is 2.69. The summed E-state index contributed by atoms with van der Waals surface area (Å²) in [6.07, 6.45) is 1.04. The van der Waals surface area contributed by atoms with Crippen LogP contribution in [0.15, 0.2) is 54.6 Å². The molecule has 2 aromatic rings. The lowest BCUT2D eigenvalue weighted by atomic mass is 10.1. The standard InChI is InChI=1S/C21H24N2O3/c1-25-16-17-26-20-11-6-5-10-19(20)21(24)23(14-7-13-22)15-12-18-8-3-2-4-9-18/h2-6,8-11H,7,12,14-17H2,1H3. The zero-order chi connectivity index (χ0) is 18.6. The maximum Gasteiger partial charge on any atom is 0.257 e. The van der Waals surface area contributed by atoms with Gasteiger partial charge in [-0.3, -0.25) is 4.79 Å². The van der Waals surface area contributed by atoms with Crippen LogP contribution in [0.1, 0.15) is 22.3 Å². The van der Waals surface area contributed by atoms with Crippen molar-refractivity contribution in [3.63, 3.8) is 0 Å². The molecule has 0 heterocycles. The maximum absolute atomic E-state index is 13.0. The minimum Gasteiger partial charge on any atom is -0.490 e. The van der Waals surface area contributed by atoms with Crippen LogP contribution in [0.3, 0.4) is 0 Å². The fraction of sp³-hybridized carbons (Fsp3) is 0.333. The molecule has 0 aliphatic rings. The van der Waals surface area contributed by atoms with E-state index in [0.29, 0.717) is 44.0 Å². The van der Waals surface area contributed by atoms with E-state index < -0.39 is 0 Å². The Kier molecular flexibility index (Phi) is 8.17. The predicted octanol–water partition coefficient (Wildman–Crippen LogP) is 3.31. The molecule has 136 valence electrons. The number of nitriles is 1. The third-order valence-electron chi connectivity index (χ3n) is 3.96. The SMILES string of the molecule is COCCOc1ccccc1C(=O)N(CCC#N)CCc1ccccc1. The van der Waals surface area contributed by atoms with Crippen molar-refractivity contribution in [2.45, 2.75) is 12.8 Å². The summed E-state index contributed by atoms with van der Waals surface area (Å²) in [5.74, 6) is 0.417. The second-order valence-electron chi connectivity index (χ2n) is 5.77. The number of hydrogen-bond donors (Lipinski definition) is 0. The molecule has 0 fully saturated rings. The molecule has 1 amide bonds. The lowest BCUT2D eigenvalue weighted by Gasteiger charge is -2.23. The normalized spacial score (nSPS) is 10.2. The molecule has 0 N–H and O–H groups in total. The van der Waals surface area contributed by atoms with Gasteiger partial charge in [0.05, 0.1) is 24.7 Å². The van der Waals surface area contributed by atoms with Gasteiger partial charge in [0, 0.05) is 20.2 Å². The summed E-state index contributed by atoms with van der Waals surface area (Å²) in [6, 6.07) is 19.3. The van der Waals surface area contributed by atoms with Gasteiger partial charge in [0.1, 0.15) is 12.4 Å². The molecule has 0 aliphatic heterocycles. The number of benzene rings is 2. The Bertz CT molecular complexity index is 726. The summed E-state index contributed by atoms with van der Waals surface area (Å²) < 4.78 is 10.7. The Morgan fingerprint density at radius 2 is 1.77 bits per heavy atom. The maximum atomic E-state index is 13.0. The molecule has 0 aliphatic carbocycles. The number of methoxy groups -OCH3 is 1. The van der Waals surface area contributed by atoms with Gasteiger partial charge in [-0.2, -0.15) is 5.26 Å². The van der Waals surface area contributed by atoms with E-state index in [-0.39, 0.29) is 5.91 Å². The summed E-state index contributed by atoms with van der Waals surface area (Å²) in [4.78, 5) is 14.7. The van der Waals surface area contributed by atoms with Crippen molar-refractivity contribution in [3.05, 3.63) is 65.7 Å². The summed E-state index contributed by atoms with van der Waals surface area (Å²) in [5, 5.41) is 8.92. The molecule has 0 spiro atoms. The highest BCUT2D eigenvalue weighted by molar-refractivity contribution is 5.97. The zero-order valence-electron chi connectivity index (χ0n) is 15.1. The lowest BCUT2D eigenvalue weighted by molar-refractivity contribution is 0.0753. The predicted molar refractivity (Wildman–Crippen MR) is 100 cm³/mol. The van der Waals surface area contributed by atoms with Crippen molar-refractivity contribution in [2.24, 2.45) is 0 Å². The number of carbonyl (C=O) groups is 1. The van der Waals surface area contributed by atoms with Crippen LogP contribution in [-0.4, -0.2) is 44.2 Å². The van der Waals surface area contributed by atoms with E-state index in [2.05, 4.69) is 6.07 Å². The lowest BCUT2D eigenvalue weighted by Crippen LogP contribution is -2.34. The molecule has 0 saturated heterocycles. The van der Waals surface area contributed by atoms with Gasteiger partial charge in [-0.1, -0.05) is 42.5 Å². The number of hydrogen-bond acceptors (Lipinski definition) is 4. The van der Waals surface area contributed by atoms with Crippen molar-refractivity contribution in [1.29, 1.82) is 5.26 Å². The van der Waals surface area contributed by atoms with Gasteiger partial charge in [-0.15, -0.1) is 0 Å². The van der Waals surface area contributed by atoms with E-state index in [9.17, 15) is 4.79 Å². The summed E-state index contributed by atoms with van der Waals surface area (Å²) in [7, 11) is 1.60. The third kappa shape index (κ3) is 5.91. The molecule has 5 heteroatoms. The van der Waals surface area contributed by atoms with Gasteiger partial charge in [-0.25, -0.2) is 0 Å². The van der Waals surface area contributed by atoms with Crippen LogP contribution < -0.4 is 4.74 Å². The van der Waals surface area contributed by atoms with Crippen LogP contribution in [-0.2, 0) is 11.2 Å². The van der Waals surface area contributed by atoms with Crippen LogP contribution in [0.25, 0.3) is 0 Å². The first-order valence-electron chi connectivity index (χ1n) is 8.67. The van der Waals surface area contributed by atoms with Gasteiger partial charge >= 0.3 is 0 Å². The second-order valence-corrected chi connectivity index (χ2v) is 5.77. The number of nitrogens with zero attached hydrogens (tertiary/aromatic N) is 2. The van der Waals surface area contributed by atoms with E-state index >= 15 is 0 Å². The van der Waals surface area contributed by atoms with Crippen molar-refractivity contribution in [1.82, 2.24) is 4.90 Å². The Hall–Kier alpha value is -2.84. The van der Waals surface area contributed by atoms with Gasteiger partial charge in [0.2, 0.25) is 0 Å². The van der Waals surface area contributed by atoms with Crippen LogP contribution in [0, 0.1) is 11.3 Å². The first kappa shape index (κ1) is 19.5. The van der Waals surface area contributed by atoms with Crippen LogP contribution in [0.5, 0.6) is 5.75 Å². The van der Waals surface area contributed by atoms with Gasteiger partial charge in [-0.05, 0) is 24.1 Å². The number of ether oxygens (including phenoxy) is 2. The van der Waals surface area contributed by atoms with Crippen LogP contribution in [0.2, 0.25) is 0 Å². The zero-order valence-corrected chi connectivity index (χ0v) is 15.1. The van der Waals surface area contributed by atoms with Crippen molar-refractivity contribution in [3.8, 4) is 11.8 Å². The molecule has 0 unspecified atom stereocenters. The van der Waals surface area contributed by atoms with Gasteiger partial charge < -0.3 is 14.4 Å². The smallest absolute Gasteiger partial charge is 0.257 e. The third-order valence-corrected chi connectivity index (χ3v) is 3.96. The summed E-state index contributed by atoms with van der Waals surface area (Å²) in [6.45, 7) is 1.78. The molecule has 0 bridgehead atoms. The fourth-order valence-corrected chi connectivity index (χ4v) is 2.58. The summed E-state index contributed by atoms with van der Waals surface area (Å²) >= 11 is 0. The fourth-order valence-electron chi connectivity index (χ4n) is 2.58. The minimum atomic E-state index is -0.121. The topological polar surface area (TPSA) is 62.6 Å².